The van der Waals surface area contributed by atoms with Crippen LogP contribution in [0.4, 0.5) is 5.69 Å². The summed E-state index contributed by atoms with van der Waals surface area (Å²) in [5.41, 5.74) is 0.927. The largest absolute Gasteiger partial charge is 0.376 e. The predicted molar refractivity (Wildman–Crippen MR) is 74.6 cm³/mol. The van der Waals surface area contributed by atoms with Crippen LogP contribution in [0.3, 0.4) is 0 Å². The second-order valence-corrected chi connectivity index (χ2v) is 5.22. The van der Waals surface area contributed by atoms with E-state index in [0.717, 1.165) is 29.6 Å². The summed E-state index contributed by atoms with van der Waals surface area (Å²) in [4.78, 5) is 11.6. The molecule has 1 amide bonds. The van der Waals surface area contributed by atoms with Gasteiger partial charge in [0.25, 0.3) is 0 Å². The maximum absolute atomic E-state index is 11.6. The molecule has 98 valence electrons. The van der Waals surface area contributed by atoms with Crippen molar-refractivity contribution in [2.75, 3.05) is 25.0 Å². The van der Waals surface area contributed by atoms with Gasteiger partial charge in [0.2, 0.25) is 5.91 Å². The lowest BCUT2D eigenvalue weighted by Gasteiger charge is -2.11. The molecule has 5 heteroatoms. The topological polar surface area (TPSA) is 50.4 Å². The minimum atomic E-state index is -0.00882. The maximum Gasteiger partial charge on any atom is 0.239 e. The van der Waals surface area contributed by atoms with E-state index in [1.807, 2.05) is 24.3 Å². The SMILES string of the molecule is O=C(CNc1cccc(Br)c1)NCC1CCCO1. The van der Waals surface area contributed by atoms with Gasteiger partial charge < -0.3 is 15.4 Å². The van der Waals surface area contributed by atoms with E-state index in [0.29, 0.717) is 6.54 Å². The van der Waals surface area contributed by atoms with Gasteiger partial charge in [0, 0.05) is 23.3 Å². The van der Waals surface area contributed by atoms with Crippen molar-refractivity contribution in [3.63, 3.8) is 0 Å². The van der Waals surface area contributed by atoms with Crippen molar-refractivity contribution in [1.82, 2.24) is 5.32 Å². The zero-order chi connectivity index (χ0) is 12.8. The van der Waals surface area contributed by atoms with Crippen molar-refractivity contribution in [2.24, 2.45) is 0 Å². The quantitative estimate of drug-likeness (QED) is 0.876. The molecular formula is C13H17BrN2O2. The summed E-state index contributed by atoms with van der Waals surface area (Å²) < 4.78 is 6.43. The highest BCUT2D eigenvalue weighted by atomic mass is 79.9. The van der Waals surface area contributed by atoms with Crippen molar-refractivity contribution in [1.29, 1.82) is 0 Å². The third kappa shape index (κ3) is 4.31. The first-order chi connectivity index (χ1) is 8.74. The molecule has 1 aliphatic heterocycles. The Labute approximate surface area is 115 Å². The fraction of sp³-hybridized carbons (Fsp3) is 0.462. The lowest BCUT2D eigenvalue weighted by atomic mass is 10.2. The average molecular weight is 313 g/mol. The number of hydrogen-bond donors (Lipinski definition) is 2. The predicted octanol–water partition coefficient (Wildman–Crippen LogP) is 2.16. The molecule has 0 aromatic heterocycles. The zero-order valence-electron chi connectivity index (χ0n) is 10.1. The third-order valence-electron chi connectivity index (χ3n) is 2.83. The molecule has 1 aromatic carbocycles. The van der Waals surface area contributed by atoms with Crippen LogP contribution in [0.1, 0.15) is 12.8 Å². The summed E-state index contributed by atoms with van der Waals surface area (Å²) in [7, 11) is 0. The third-order valence-corrected chi connectivity index (χ3v) is 3.32. The van der Waals surface area contributed by atoms with Gasteiger partial charge in [-0.3, -0.25) is 4.79 Å². The zero-order valence-corrected chi connectivity index (χ0v) is 11.7. The Kier molecular flexibility index (Phi) is 5.01. The second kappa shape index (κ2) is 6.75. The molecule has 0 saturated carbocycles. The highest BCUT2D eigenvalue weighted by Gasteiger charge is 2.15. The summed E-state index contributed by atoms with van der Waals surface area (Å²) in [5.74, 6) is -0.00882. The Morgan fingerprint density at radius 3 is 3.11 bits per heavy atom. The van der Waals surface area contributed by atoms with Crippen LogP contribution in [0, 0.1) is 0 Å². The van der Waals surface area contributed by atoms with Crippen LogP contribution in [0.15, 0.2) is 28.7 Å². The molecule has 4 nitrogen and oxygen atoms in total. The lowest BCUT2D eigenvalue weighted by Crippen LogP contribution is -2.35. The Morgan fingerprint density at radius 2 is 2.39 bits per heavy atom. The molecule has 1 aromatic rings. The molecule has 1 saturated heterocycles. The summed E-state index contributed by atoms with van der Waals surface area (Å²) in [6, 6.07) is 7.74. The van der Waals surface area contributed by atoms with Crippen LogP contribution in [0.25, 0.3) is 0 Å². The molecule has 1 fully saturated rings. The van der Waals surface area contributed by atoms with E-state index in [-0.39, 0.29) is 18.6 Å². The fourth-order valence-corrected chi connectivity index (χ4v) is 2.28. The summed E-state index contributed by atoms with van der Waals surface area (Å²) in [6.45, 7) is 1.71. The number of benzene rings is 1. The molecule has 0 bridgehead atoms. The van der Waals surface area contributed by atoms with E-state index >= 15 is 0 Å². The molecule has 18 heavy (non-hydrogen) atoms. The Balaban J connectivity index is 1.68. The van der Waals surface area contributed by atoms with Crippen LogP contribution in [0.2, 0.25) is 0 Å². The minimum Gasteiger partial charge on any atom is -0.376 e. The van der Waals surface area contributed by atoms with Gasteiger partial charge in [-0.05, 0) is 31.0 Å². The van der Waals surface area contributed by atoms with Crippen molar-refractivity contribution in [3.8, 4) is 0 Å². The van der Waals surface area contributed by atoms with Gasteiger partial charge in [-0.1, -0.05) is 22.0 Å². The van der Waals surface area contributed by atoms with Crippen LogP contribution < -0.4 is 10.6 Å². The number of carbonyl (C=O) groups excluding carboxylic acids is 1. The highest BCUT2D eigenvalue weighted by Crippen LogP contribution is 2.15. The number of nitrogens with one attached hydrogen (secondary N) is 2. The number of carbonyl (C=O) groups is 1. The van der Waals surface area contributed by atoms with E-state index in [9.17, 15) is 4.79 Å². The molecule has 0 spiro atoms. The number of anilines is 1. The van der Waals surface area contributed by atoms with Gasteiger partial charge in [0.15, 0.2) is 0 Å². The normalized spacial score (nSPS) is 18.6. The minimum absolute atomic E-state index is 0.00882. The molecule has 2 rings (SSSR count). The molecule has 2 N–H and O–H groups in total. The molecule has 1 aliphatic rings. The average Bonchev–Trinajstić information content (AvgIpc) is 2.87. The van der Waals surface area contributed by atoms with Gasteiger partial charge >= 0.3 is 0 Å². The Hall–Kier alpha value is -1.07. The van der Waals surface area contributed by atoms with Crippen molar-refractivity contribution in [2.45, 2.75) is 18.9 Å². The molecular weight excluding hydrogens is 296 g/mol. The van der Waals surface area contributed by atoms with E-state index in [1.54, 1.807) is 0 Å². The second-order valence-electron chi connectivity index (χ2n) is 4.30. The van der Waals surface area contributed by atoms with Gasteiger partial charge in [-0.25, -0.2) is 0 Å². The molecule has 1 heterocycles. The number of rotatable bonds is 5. The molecule has 0 radical (unpaired) electrons. The highest BCUT2D eigenvalue weighted by molar-refractivity contribution is 9.10. The first-order valence-electron chi connectivity index (χ1n) is 6.12. The number of hydrogen-bond acceptors (Lipinski definition) is 3. The number of amides is 1. The van der Waals surface area contributed by atoms with E-state index < -0.39 is 0 Å². The molecule has 1 unspecified atom stereocenters. The van der Waals surface area contributed by atoms with Crippen LogP contribution in [-0.2, 0) is 9.53 Å². The molecule has 1 atom stereocenters. The first-order valence-corrected chi connectivity index (χ1v) is 6.91. The first kappa shape index (κ1) is 13.4. The summed E-state index contributed by atoms with van der Waals surface area (Å²) in [6.07, 6.45) is 2.33. The Morgan fingerprint density at radius 1 is 1.50 bits per heavy atom. The molecule has 0 aliphatic carbocycles. The maximum atomic E-state index is 11.6. The van der Waals surface area contributed by atoms with Gasteiger partial charge in [0.1, 0.15) is 0 Å². The van der Waals surface area contributed by atoms with Gasteiger partial charge in [-0.2, -0.15) is 0 Å². The lowest BCUT2D eigenvalue weighted by molar-refractivity contribution is -0.119. The smallest absolute Gasteiger partial charge is 0.239 e. The van der Waals surface area contributed by atoms with Crippen molar-refractivity contribution >= 4 is 27.5 Å². The summed E-state index contributed by atoms with van der Waals surface area (Å²) >= 11 is 3.39. The van der Waals surface area contributed by atoms with Crippen molar-refractivity contribution < 1.29 is 9.53 Å². The fourth-order valence-electron chi connectivity index (χ4n) is 1.88. The summed E-state index contributed by atoms with van der Waals surface area (Å²) in [5, 5.41) is 5.95. The number of ether oxygens (including phenoxy) is 1. The van der Waals surface area contributed by atoms with E-state index in [1.165, 1.54) is 0 Å². The monoisotopic (exact) mass is 312 g/mol. The van der Waals surface area contributed by atoms with Gasteiger partial charge in [-0.15, -0.1) is 0 Å². The van der Waals surface area contributed by atoms with Crippen LogP contribution in [0.5, 0.6) is 0 Å². The Bertz CT molecular complexity index is 406. The van der Waals surface area contributed by atoms with E-state index in [2.05, 4.69) is 26.6 Å². The van der Waals surface area contributed by atoms with Crippen LogP contribution in [-0.4, -0.2) is 31.7 Å². The number of halogens is 1. The van der Waals surface area contributed by atoms with Gasteiger partial charge in [0.05, 0.1) is 12.6 Å². The van der Waals surface area contributed by atoms with Crippen LogP contribution >= 0.6 is 15.9 Å². The van der Waals surface area contributed by atoms with Crippen molar-refractivity contribution in [3.05, 3.63) is 28.7 Å². The standard InChI is InChI=1S/C13H17BrN2O2/c14-10-3-1-4-11(7-10)15-9-13(17)16-8-12-5-2-6-18-12/h1,3-4,7,12,15H,2,5-6,8-9H2,(H,16,17). The van der Waals surface area contributed by atoms with E-state index in [4.69, 9.17) is 4.74 Å².